The van der Waals surface area contributed by atoms with E-state index in [1.165, 1.54) is 4.90 Å². The van der Waals surface area contributed by atoms with Crippen LogP contribution in [0.4, 0.5) is 14.5 Å². The van der Waals surface area contributed by atoms with E-state index in [0.717, 1.165) is 23.8 Å². The summed E-state index contributed by atoms with van der Waals surface area (Å²) in [6.07, 6.45) is 0.541. The fraction of sp³-hybridized carbons (Fsp3) is 0.200. The van der Waals surface area contributed by atoms with Crippen LogP contribution in [0.1, 0.15) is 22.3 Å². The Morgan fingerprint density at radius 1 is 0.939 bits per heavy atom. The molecule has 0 aliphatic rings. The van der Waals surface area contributed by atoms with E-state index in [9.17, 15) is 18.4 Å². The van der Waals surface area contributed by atoms with E-state index in [0.29, 0.717) is 30.9 Å². The Balaban J connectivity index is 1.61. The Bertz CT molecular complexity index is 1060. The Morgan fingerprint density at radius 3 is 2.24 bits per heavy atom. The first kappa shape index (κ1) is 23.9. The second-order valence-corrected chi connectivity index (χ2v) is 7.37. The summed E-state index contributed by atoms with van der Waals surface area (Å²) in [6.45, 7) is 0.805. The van der Waals surface area contributed by atoms with Crippen molar-refractivity contribution in [2.24, 2.45) is 5.73 Å². The highest BCUT2D eigenvalue weighted by molar-refractivity contribution is 5.94. The highest BCUT2D eigenvalue weighted by Gasteiger charge is 2.18. The molecular formula is C25H25F2N3O3. The van der Waals surface area contributed by atoms with Crippen molar-refractivity contribution >= 4 is 17.5 Å². The lowest BCUT2D eigenvalue weighted by molar-refractivity contribution is -0.118. The molecule has 0 fully saturated rings. The van der Waals surface area contributed by atoms with Crippen LogP contribution in [0.25, 0.3) is 0 Å². The topological polar surface area (TPSA) is 84.7 Å². The summed E-state index contributed by atoms with van der Waals surface area (Å²) in [5.41, 5.74) is 6.88. The predicted octanol–water partition coefficient (Wildman–Crippen LogP) is 3.97. The van der Waals surface area contributed by atoms with Crippen LogP contribution in [-0.4, -0.2) is 36.4 Å². The quantitative estimate of drug-likeness (QED) is 0.487. The highest BCUT2D eigenvalue weighted by atomic mass is 19.1. The van der Waals surface area contributed by atoms with Crippen molar-refractivity contribution in [1.82, 2.24) is 4.90 Å². The molecule has 2 amide bonds. The Labute approximate surface area is 191 Å². The molecule has 0 aliphatic carbocycles. The van der Waals surface area contributed by atoms with Gasteiger partial charge in [0, 0.05) is 30.4 Å². The van der Waals surface area contributed by atoms with Crippen molar-refractivity contribution in [1.29, 1.82) is 0 Å². The van der Waals surface area contributed by atoms with E-state index >= 15 is 0 Å². The Kier molecular flexibility index (Phi) is 8.49. The van der Waals surface area contributed by atoms with E-state index in [-0.39, 0.29) is 24.6 Å². The monoisotopic (exact) mass is 453 g/mol. The molecule has 0 saturated heterocycles. The van der Waals surface area contributed by atoms with Gasteiger partial charge in [-0.3, -0.25) is 9.59 Å². The lowest BCUT2D eigenvalue weighted by atomic mass is 10.1. The summed E-state index contributed by atoms with van der Waals surface area (Å²) in [6, 6.07) is 18.7. The molecule has 172 valence electrons. The van der Waals surface area contributed by atoms with Gasteiger partial charge in [0.05, 0.1) is 0 Å². The van der Waals surface area contributed by atoms with Crippen molar-refractivity contribution < 1.29 is 23.1 Å². The van der Waals surface area contributed by atoms with Crippen LogP contribution in [0.3, 0.4) is 0 Å². The van der Waals surface area contributed by atoms with Gasteiger partial charge in [-0.15, -0.1) is 0 Å². The Morgan fingerprint density at radius 2 is 1.61 bits per heavy atom. The fourth-order valence-corrected chi connectivity index (χ4v) is 3.17. The molecular weight excluding hydrogens is 428 g/mol. The fourth-order valence-electron chi connectivity index (χ4n) is 3.17. The zero-order valence-corrected chi connectivity index (χ0v) is 18.0. The van der Waals surface area contributed by atoms with Gasteiger partial charge < -0.3 is 20.7 Å². The zero-order valence-electron chi connectivity index (χ0n) is 18.0. The third-order valence-corrected chi connectivity index (χ3v) is 4.75. The van der Waals surface area contributed by atoms with E-state index in [2.05, 4.69) is 5.32 Å². The van der Waals surface area contributed by atoms with E-state index in [1.807, 2.05) is 18.2 Å². The lowest BCUT2D eigenvalue weighted by Crippen LogP contribution is -2.32. The third kappa shape index (κ3) is 7.40. The summed E-state index contributed by atoms with van der Waals surface area (Å²) in [5, 5.41) is 2.74. The van der Waals surface area contributed by atoms with Crippen LogP contribution in [-0.2, 0) is 11.3 Å². The highest BCUT2D eigenvalue weighted by Crippen LogP contribution is 2.16. The molecule has 6 nitrogen and oxygen atoms in total. The largest absolute Gasteiger partial charge is 0.484 e. The summed E-state index contributed by atoms with van der Waals surface area (Å²) in [4.78, 5) is 26.4. The molecule has 0 unspecified atom stereocenters. The van der Waals surface area contributed by atoms with Gasteiger partial charge in [-0.2, -0.15) is 0 Å². The van der Waals surface area contributed by atoms with Crippen LogP contribution in [0.5, 0.6) is 5.75 Å². The van der Waals surface area contributed by atoms with E-state index in [4.69, 9.17) is 10.5 Å². The third-order valence-electron chi connectivity index (χ3n) is 4.75. The molecule has 0 bridgehead atoms. The van der Waals surface area contributed by atoms with Gasteiger partial charge in [-0.05, 0) is 54.9 Å². The van der Waals surface area contributed by atoms with Crippen LogP contribution in [0.15, 0.2) is 72.8 Å². The zero-order chi connectivity index (χ0) is 23.6. The lowest BCUT2D eigenvalue weighted by Gasteiger charge is -2.23. The van der Waals surface area contributed by atoms with Crippen molar-refractivity contribution in [3.05, 3.63) is 95.6 Å². The number of hydrogen-bond donors (Lipinski definition) is 2. The maximum Gasteiger partial charge on any atom is 0.262 e. The number of amides is 2. The first-order chi connectivity index (χ1) is 15.9. The maximum atomic E-state index is 13.6. The molecule has 0 heterocycles. The van der Waals surface area contributed by atoms with Crippen molar-refractivity contribution in [3.63, 3.8) is 0 Å². The number of halogens is 2. The summed E-state index contributed by atoms with van der Waals surface area (Å²) in [7, 11) is 0. The normalized spacial score (nSPS) is 10.5. The molecule has 3 rings (SSSR count). The first-order valence-corrected chi connectivity index (χ1v) is 10.5. The SMILES string of the molecule is NCCCN(Cc1ccc(NC(=O)COc2ccccc2)cc1)C(=O)c1cc(F)cc(F)c1. The number of benzene rings is 3. The van der Waals surface area contributed by atoms with Gasteiger partial charge in [0.15, 0.2) is 6.61 Å². The number of ether oxygens (including phenoxy) is 1. The molecule has 3 N–H and O–H groups in total. The number of anilines is 1. The molecule has 0 radical (unpaired) electrons. The molecule has 3 aromatic rings. The van der Waals surface area contributed by atoms with E-state index in [1.54, 1.807) is 36.4 Å². The average molecular weight is 453 g/mol. The van der Waals surface area contributed by atoms with Gasteiger partial charge in [-0.25, -0.2) is 8.78 Å². The van der Waals surface area contributed by atoms with Crippen LogP contribution >= 0.6 is 0 Å². The maximum absolute atomic E-state index is 13.6. The summed E-state index contributed by atoms with van der Waals surface area (Å²) < 4.78 is 32.5. The van der Waals surface area contributed by atoms with Crippen LogP contribution in [0, 0.1) is 11.6 Å². The van der Waals surface area contributed by atoms with Gasteiger partial charge in [-0.1, -0.05) is 30.3 Å². The van der Waals surface area contributed by atoms with Crippen molar-refractivity contribution in [3.8, 4) is 5.75 Å². The molecule has 0 atom stereocenters. The first-order valence-electron chi connectivity index (χ1n) is 10.5. The molecule has 3 aromatic carbocycles. The average Bonchev–Trinajstić information content (AvgIpc) is 2.81. The minimum absolute atomic E-state index is 0.0631. The molecule has 0 spiro atoms. The molecule has 0 aliphatic heterocycles. The summed E-state index contributed by atoms with van der Waals surface area (Å²) in [5.74, 6) is -1.82. The van der Waals surface area contributed by atoms with Gasteiger partial charge in [0.2, 0.25) is 0 Å². The molecule has 0 saturated carbocycles. The van der Waals surface area contributed by atoms with Gasteiger partial charge in [0.1, 0.15) is 17.4 Å². The standard InChI is InChI=1S/C25H25F2N3O3/c26-20-13-19(14-21(27)15-20)25(32)30(12-4-11-28)16-18-7-9-22(10-8-18)29-24(31)17-33-23-5-2-1-3-6-23/h1-3,5-10,13-15H,4,11-12,16-17,28H2,(H,29,31). The van der Waals surface area contributed by atoms with Crippen molar-refractivity contribution in [2.45, 2.75) is 13.0 Å². The molecule has 8 heteroatoms. The minimum Gasteiger partial charge on any atom is -0.484 e. The number of nitrogens with two attached hydrogens (primary N) is 1. The van der Waals surface area contributed by atoms with Gasteiger partial charge >= 0.3 is 0 Å². The predicted molar refractivity (Wildman–Crippen MR) is 122 cm³/mol. The smallest absolute Gasteiger partial charge is 0.262 e. The number of carbonyl (C=O) groups is 2. The number of nitrogens with zero attached hydrogens (tertiary/aromatic N) is 1. The molecule has 33 heavy (non-hydrogen) atoms. The number of hydrogen-bond acceptors (Lipinski definition) is 4. The second-order valence-electron chi connectivity index (χ2n) is 7.37. The number of nitrogens with one attached hydrogen (secondary N) is 1. The molecule has 0 aromatic heterocycles. The number of carbonyl (C=O) groups excluding carboxylic acids is 2. The van der Waals surface area contributed by atoms with Crippen LogP contribution in [0.2, 0.25) is 0 Å². The van der Waals surface area contributed by atoms with Crippen LogP contribution < -0.4 is 15.8 Å². The minimum atomic E-state index is -0.812. The number of para-hydroxylation sites is 1. The number of rotatable bonds is 10. The summed E-state index contributed by atoms with van der Waals surface area (Å²) >= 11 is 0. The van der Waals surface area contributed by atoms with E-state index < -0.39 is 17.5 Å². The van der Waals surface area contributed by atoms with Crippen molar-refractivity contribution in [2.75, 3.05) is 25.0 Å². The van der Waals surface area contributed by atoms with Gasteiger partial charge in [0.25, 0.3) is 11.8 Å². The second kappa shape index (κ2) is 11.7. The Hall–Kier alpha value is -3.78.